The molecule has 0 radical (unpaired) electrons. The minimum atomic E-state index is -0.479. The lowest BCUT2D eigenvalue weighted by molar-refractivity contribution is -0.125. The third kappa shape index (κ3) is 2.95. The van der Waals surface area contributed by atoms with Crippen LogP contribution in [-0.2, 0) is 11.2 Å². The lowest BCUT2D eigenvalue weighted by Gasteiger charge is -2.24. The average Bonchev–Trinajstić information content (AvgIpc) is 2.98. The van der Waals surface area contributed by atoms with Crippen molar-refractivity contribution in [3.8, 4) is 5.75 Å². The van der Waals surface area contributed by atoms with Crippen molar-refractivity contribution < 1.29 is 9.53 Å². The summed E-state index contributed by atoms with van der Waals surface area (Å²) in [6, 6.07) is 15.1. The molecule has 2 aromatic rings. The third-order valence-corrected chi connectivity index (χ3v) is 4.14. The van der Waals surface area contributed by atoms with Gasteiger partial charge in [0.05, 0.1) is 0 Å². The molecule has 1 heterocycles. The van der Waals surface area contributed by atoms with Crippen LogP contribution in [0.3, 0.4) is 0 Å². The van der Waals surface area contributed by atoms with E-state index in [0.717, 1.165) is 18.7 Å². The monoisotopic (exact) mass is 315 g/mol. The van der Waals surface area contributed by atoms with Crippen molar-refractivity contribution in [1.29, 1.82) is 0 Å². The highest BCUT2D eigenvalue weighted by molar-refractivity contribution is 6.30. The van der Waals surface area contributed by atoms with E-state index in [-0.39, 0.29) is 5.91 Å². The Morgan fingerprint density at radius 3 is 2.68 bits per heavy atom. The summed E-state index contributed by atoms with van der Waals surface area (Å²) in [5, 5.41) is 0.653. The number of carbonyl (C=O) groups is 1. The Morgan fingerprint density at radius 1 is 1.23 bits per heavy atom. The molecule has 2 aromatic carbocycles. The maximum absolute atomic E-state index is 12.8. The third-order valence-electron chi connectivity index (χ3n) is 3.89. The fourth-order valence-electron chi connectivity index (χ4n) is 2.73. The van der Waals surface area contributed by atoms with Crippen molar-refractivity contribution in [1.82, 2.24) is 0 Å². The summed E-state index contributed by atoms with van der Waals surface area (Å²) in [5.74, 6) is 0.680. The molecule has 114 valence electrons. The molecule has 3 rings (SSSR count). The zero-order valence-electron chi connectivity index (χ0n) is 12.5. The molecule has 1 amide bonds. The van der Waals surface area contributed by atoms with Crippen molar-refractivity contribution in [3.05, 3.63) is 59.1 Å². The highest BCUT2D eigenvalue weighted by atomic mass is 35.5. The summed E-state index contributed by atoms with van der Waals surface area (Å²) in [5.41, 5.74) is 2.22. The number of hydrogen-bond donors (Lipinski definition) is 0. The van der Waals surface area contributed by atoms with Gasteiger partial charge in [-0.25, -0.2) is 0 Å². The smallest absolute Gasteiger partial charge is 0.268 e. The topological polar surface area (TPSA) is 29.5 Å². The second-order valence-electron chi connectivity index (χ2n) is 5.34. The van der Waals surface area contributed by atoms with Crippen molar-refractivity contribution in [2.45, 2.75) is 25.9 Å². The van der Waals surface area contributed by atoms with Crippen molar-refractivity contribution in [2.24, 2.45) is 0 Å². The van der Waals surface area contributed by atoms with Crippen LogP contribution in [0.1, 0.15) is 18.9 Å². The van der Waals surface area contributed by atoms with E-state index in [4.69, 9.17) is 16.3 Å². The number of hydrogen-bond acceptors (Lipinski definition) is 2. The Balaban J connectivity index is 1.76. The van der Waals surface area contributed by atoms with E-state index in [1.165, 1.54) is 5.56 Å². The summed E-state index contributed by atoms with van der Waals surface area (Å²) < 4.78 is 5.86. The highest BCUT2D eigenvalue weighted by Gasteiger charge is 2.30. The summed E-state index contributed by atoms with van der Waals surface area (Å²) in [6.07, 6.45) is 1.05. The van der Waals surface area contributed by atoms with Gasteiger partial charge in [0.2, 0.25) is 0 Å². The molecule has 0 saturated carbocycles. The van der Waals surface area contributed by atoms with Gasteiger partial charge in [0, 0.05) is 17.3 Å². The number of benzene rings is 2. The molecule has 0 bridgehead atoms. The van der Waals surface area contributed by atoms with Gasteiger partial charge >= 0.3 is 0 Å². The normalized spacial score (nSPS) is 14.5. The van der Waals surface area contributed by atoms with E-state index in [1.807, 2.05) is 30.0 Å². The van der Waals surface area contributed by atoms with Crippen LogP contribution in [0.5, 0.6) is 5.75 Å². The molecule has 0 unspecified atom stereocenters. The molecule has 4 heteroatoms. The van der Waals surface area contributed by atoms with E-state index < -0.39 is 6.10 Å². The molecule has 22 heavy (non-hydrogen) atoms. The van der Waals surface area contributed by atoms with Crippen LogP contribution in [0.15, 0.2) is 48.5 Å². The van der Waals surface area contributed by atoms with E-state index in [9.17, 15) is 4.79 Å². The Bertz CT molecular complexity index is 669. The van der Waals surface area contributed by atoms with Gasteiger partial charge in [-0.2, -0.15) is 0 Å². The standard InChI is InChI=1S/C18H18ClNO2/c1-2-17(22-15-9-7-14(19)8-10-15)18(21)20-12-11-13-5-3-4-6-16(13)20/h3-10,17H,2,11-12H2,1H3/t17-/m0/s1. The number of amides is 1. The van der Waals surface area contributed by atoms with Crippen LogP contribution in [0.4, 0.5) is 5.69 Å². The highest BCUT2D eigenvalue weighted by Crippen LogP contribution is 2.29. The van der Waals surface area contributed by atoms with Crippen LogP contribution >= 0.6 is 11.6 Å². The molecule has 1 atom stereocenters. The van der Waals surface area contributed by atoms with Crippen LogP contribution in [-0.4, -0.2) is 18.6 Å². The van der Waals surface area contributed by atoms with Gasteiger partial charge in [-0.15, -0.1) is 0 Å². The first-order valence-corrected chi connectivity index (χ1v) is 7.88. The maximum atomic E-state index is 12.8. The summed E-state index contributed by atoms with van der Waals surface area (Å²) in [4.78, 5) is 14.6. The second kappa shape index (κ2) is 6.41. The van der Waals surface area contributed by atoms with E-state index in [2.05, 4.69) is 6.07 Å². The van der Waals surface area contributed by atoms with Crippen LogP contribution in [0, 0.1) is 0 Å². The van der Waals surface area contributed by atoms with Crippen molar-refractivity contribution in [2.75, 3.05) is 11.4 Å². The van der Waals surface area contributed by atoms with Crippen molar-refractivity contribution in [3.63, 3.8) is 0 Å². The minimum Gasteiger partial charge on any atom is -0.481 e. The molecule has 0 aromatic heterocycles. The SMILES string of the molecule is CC[C@H](Oc1ccc(Cl)cc1)C(=O)N1CCc2ccccc21. The summed E-state index contributed by atoms with van der Waals surface area (Å²) >= 11 is 5.87. The zero-order chi connectivity index (χ0) is 15.5. The second-order valence-corrected chi connectivity index (χ2v) is 5.77. The van der Waals surface area contributed by atoms with Gasteiger partial charge in [-0.1, -0.05) is 36.7 Å². The number of halogens is 1. The van der Waals surface area contributed by atoms with Gasteiger partial charge in [0.1, 0.15) is 5.75 Å². The molecule has 0 fully saturated rings. The number of rotatable bonds is 4. The molecule has 0 saturated heterocycles. The zero-order valence-corrected chi connectivity index (χ0v) is 13.2. The predicted molar refractivity (Wildman–Crippen MR) is 88.7 cm³/mol. The quantitative estimate of drug-likeness (QED) is 0.850. The maximum Gasteiger partial charge on any atom is 0.268 e. The predicted octanol–water partition coefficient (Wildman–Crippen LogP) is 4.09. The van der Waals surface area contributed by atoms with E-state index >= 15 is 0 Å². The van der Waals surface area contributed by atoms with Crippen molar-refractivity contribution >= 4 is 23.2 Å². The van der Waals surface area contributed by atoms with Gasteiger partial charge in [-0.05, 0) is 48.7 Å². The lowest BCUT2D eigenvalue weighted by atomic mass is 10.2. The fourth-order valence-corrected chi connectivity index (χ4v) is 2.85. The van der Waals surface area contributed by atoms with Gasteiger partial charge in [0.15, 0.2) is 6.10 Å². The molecule has 0 spiro atoms. The van der Waals surface area contributed by atoms with Gasteiger partial charge in [0.25, 0.3) is 5.91 Å². The molecule has 3 nitrogen and oxygen atoms in total. The number of nitrogens with zero attached hydrogens (tertiary/aromatic N) is 1. The molecule has 0 N–H and O–H groups in total. The average molecular weight is 316 g/mol. The first-order chi connectivity index (χ1) is 10.7. The first kappa shape index (κ1) is 14.9. The van der Waals surface area contributed by atoms with Gasteiger partial charge < -0.3 is 9.64 Å². The molecular formula is C18H18ClNO2. The number of para-hydroxylation sites is 1. The minimum absolute atomic E-state index is 0.0161. The molecule has 1 aliphatic rings. The first-order valence-electron chi connectivity index (χ1n) is 7.50. The molecule has 1 aliphatic heterocycles. The Labute approximate surface area is 135 Å². The largest absolute Gasteiger partial charge is 0.481 e. The Hall–Kier alpha value is -2.00. The number of anilines is 1. The Morgan fingerprint density at radius 2 is 1.95 bits per heavy atom. The van der Waals surface area contributed by atoms with Crippen LogP contribution < -0.4 is 9.64 Å². The van der Waals surface area contributed by atoms with E-state index in [1.54, 1.807) is 24.3 Å². The van der Waals surface area contributed by atoms with E-state index in [0.29, 0.717) is 17.2 Å². The summed E-state index contributed by atoms with van der Waals surface area (Å²) in [6.45, 7) is 2.68. The fraction of sp³-hybridized carbons (Fsp3) is 0.278. The van der Waals surface area contributed by atoms with Crippen LogP contribution in [0.25, 0.3) is 0 Å². The summed E-state index contributed by atoms with van der Waals surface area (Å²) in [7, 11) is 0. The Kier molecular flexibility index (Phi) is 4.34. The number of fused-ring (bicyclic) bond motifs is 1. The van der Waals surface area contributed by atoms with Gasteiger partial charge in [-0.3, -0.25) is 4.79 Å². The lowest BCUT2D eigenvalue weighted by Crippen LogP contribution is -2.41. The molecule has 0 aliphatic carbocycles. The number of carbonyl (C=O) groups excluding carboxylic acids is 1. The van der Waals surface area contributed by atoms with Crippen LogP contribution in [0.2, 0.25) is 5.02 Å². The number of ether oxygens (including phenoxy) is 1. The molecular weight excluding hydrogens is 298 g/mol.